The maximum atomic E-state index is 11.7. The van der Waals surface area contributed by atoms with Crippen LogP contribution in [-0.2, 0) is 5.60 Å². The molecule has 32 heavy (non-hydrogen) atoms. The Labute approximate surface area is 189 Å². The molecule has 2 atom stereocenters. The van der Waals surface area contributed by atoms with E-state index in [0.29, 0.717) is 36.5 Å². The Bertz CT molecular complexity index is 897. The largest absolute Gasteiger partial charge is 0.497 e. The lowest BCUT2D eigenvalue weighted by molar-refractivity contribution is 0.0225. The van der Waals surface area contributed by atoms with Crippen LogP contribution in [-0.4, -0.2) is 36.8 Å². The number of benzene rings is 3. The zero-order valence-electron chi connectivity index (χ0n) is 18.5. The van der Waals surface area contributed by atoms with E-state index in [2.05, 4.69) is 0 Å². The van der Waals surface area contributed by atoms with E-state index in [1.807, 2.05) is 66.7 Å². The second-order valence-electron chi connectivity index (χ2n) is 7.67. The van der Waals surface area contributed by atoms with Crippen LogP contribution >= 0.6 is 0 Å². The second-order valence-corrected chi connectivity index (χ2v) is 7.67. The number of methoxy groups -OCH3 is 2. The lowest BCUT2D eigenvalue weighted by Gasteiger charge is -2.30. The SMILES string of the molecule is COc1ccc(C(O)(CCC[C@H](O)C(N)Oc2ccccc2)c2ccc(OC)cc2)cc1. The van der Waals surface area contributed by atoms with Crippen LogP contribution in [0.5, 0.6) is 17.2 Å². The van der Waals surface area contributed by atoms with E-state index in [9.17, 15) is 10.2 Å². The molecule has 3 rings (SSSR count). The standard InChI is InChI=1S/C26H31NO5/c1-30-21-14-10-19(11-15-21)26(29,20-12-16-22(31-2)17-13-20)18-6-9-24(28)25(27)32-23-7-4-3-5-8-23/h3-5,7-8,10-17,24-25,28-29H,6,9,18,27H2,1-2H3/t24-,25?/m0/s1. The highest BCUT2D eigenvalue weighted by atomic mass is 16.5. The minimum Gasteiger partial charge on any atom is -0.497 e. The van der Waals surface area contributed by atoms with Gasteiger partial charge in [-0.1, -0.05) is 42.5 Å². The van der Waals surface area contributed by atoms with E-state index in [4.69, 9.17) is 19.9 Å². The average molecular weight is 438 g/mol. The fraction of sp³-hybridized carbons (Fsp3) is 0.308. The number of aliphatic hydroxyl groups excluding tert-OH is 1. The minimum atomic E-state index is -1.25. The summed E-state index contributed by atoms with van der Waals surface area (Å²) < 4.78 is 16.1. The Kier molecular flexibility index (Phi) is 8.11. The molecule has 0 amide bonds. The normalized spacial score (nSPS) is 13.3. The molecule has 0 aliphatic heterocycles. The summed E-state index contributed by atoms with van der Waals surface area (Å²) in [5, 5.41) is 22.2. The molecule has 0 aliphatic rings. The van der Waals surface area contributed by atoms with Crippen molar-refractivity contribution in [2.24, 2.45) is 5.73 Å². The smallest absolute Gasteiger partial charge is 0.173 e. The van der Waals surface area contributed by atoms with Crippen LogP contribution in [0.2, 0.25) is 0 Å². The molecule has 0 radical (unpaired) electrons. The van der Waals surface area contributed by atoms with Crippen LogP contribution in [0.1, 0.15) is 30.4 Å². The van der Waals surface area contributed by atoms with Gasteiger partial charge in [-0.15, -0.1) is 0 Å². The van der Waals surface area contributed by atoms with Crippen LogP contribution in [0.3, 0.4) is 0 Å². The number of nitrogens with two attached hydrogens (primary N) is 1. The molecule has 170 valence electrons. The predicted octanol–water partition coefficient (Wildman–Crippen LogP) is 3.83. The first kappa shape index (κ1) is 23.6. The average Bonchev–Trinajstić information content (AvgIpc) is 2.84. The van der Waals surface area contributed by atoms with Crippen molar-refractivity contribution in [1.29, 1.82) is 0 Å². The number of hydrogen-bond acceptors (Lipinski definition) is 6. The van der Waals surface area contributed by atoms with Crippen LogP contribution in [0.4, 0.5) is 0 Å². The van der Waals surface area contributed by atoms with E-state index in [-0.39, 0.29) is 0 Å². The topological polar surface area (TPSA) is 94.2 Å². The molecule has 3 aromatic carbocycles. The lowest BCUT2D eigenvalue weighted by atomic mass is 9.82. The van der Waals surface area contributed by atoms with Crippen LogP contribution in [0.15, 0.2) is 78.9 Å². The van der Waals surface area contributed by atoms with Crippen molar-refractivity contribution >= 4 is 0 Å². The highest BCUT2D eigenvalue weighted by molar-refractivity contribution is 5.40. The van der Waals surface area contributed by atoms with Gasteiger partial charge in [-0.2, -0.15) is 0 Å². The monoisotopic (exact) mass is 437 g/mol. The summed E-state index contributed by atoms with van der Waals surface area (Å²) in [6, 6.07) is 23.8. The van der Waals surface area contributed by atoms with Gasteiger partial charge in [0.05, 0.1) is 14.2 Å². The molecule has 6 heteroatoms. The van der Waals surface area contributed by atoms with Gasteiger partial charge in [0.25, 0.3) is 0 Å². The molecule has 0 spiro atoms. The van der Waals surface area contributed by atoms with Gasteiger partial charge in [0, 0.05) is 0 Å². The molecular formula is C26H31NO5. The molecule has 0 bridgehead atoms. The zero-order valence-corrected chi connectivity index (χ0v) is 18.5. The number of ether oxygens (including phenoxy) is 3. The van der Waals surface area contributed by atoms with E-state index in [1.165, 1.54) is 0 Å². The zero-order chi connectivity index (χ0) is 23.0. The number of rotatable bonds is 11. The molecule has 6 nitrogen and oxygen atoms in total. The van der Waals surface area contributed by atoms with Crippen LogP contribution in [0, 0.1) is 0 Å². The van der Waals surface area contributed by atoms with Crippen molar-refractivity contribution in [2.75, 3.05) is 14.2 Å². The fourth-order valence-electron chi connectivity index (χ4n) is 3.65. The van der Waals surface area contributed by atoms with Crippen molar-refractivity contribution < 1.29 is 24.4 Å². The summed E-state index contributed by atoms with van der Waals surface area (Å²) in [5.41, 5.74) is 6.25. The molecule has 0 saturated heterocycles. The molecule has 0 heterocycles. The van der Waals surface area contributed by atoms with E-state index in [1.54, 1.807) is 26.4 Å². The van der Waals surface area contributed by atoms with Gasteiger partial charge in [-0.25, -0.2) is 0 Å². The Balaban J connectivity index is 1.71. The third-order valence-corrected chi connectivity index (χ3v) is 5.57. The van der Waals surface area contributed by atoms with Crippen molar-refractivity contribution in [3.8, 4) is 17.2 Å². The molecule has 0 aromatic heterocycles. The Morgan fingerprint density at radius 3 is 1.75 bits per heavy atom. The molecule has 4 N–H and O–H groups in total. The van der Waals surface area contributed by atoms with Gasteiger partial charge in [0.2, 0.25) is 0 Å². The summed E-state index contributed by atoms with van der Waals surface area (Å²) in [5.74, 6) is 2.03. The minimum absolute atomic E-state index is 0.378. The first-order chi connectivity index (χ1) is 15.5. The summed E-state index contributed by atoms with van der Waals surface area (Å²) in [6.45, 7) is 0. The van der Waals surface area contributed by atoms with Gasteiger partial charge >= 0.3 is 0 Å². The first-order valence-electron chi connectivity index (χ1n) is 10.6. The third kappa shape index (κ3) is 5.79. The third-order valence-electron chi connectivity index (χ3n) is 5.57. The Morgan fingerprint density at radius 2 is 1.28 bits per heavy atom. The maximum Gasteiger partial charge on any atom is 0.173 e. The fourth-order valence-corrected chi connectivity index (χ4v) is 3.65. The second kappa shape index (κ2) is 11.0. The van der Waals surface area contributed by atoms with Crippen molar-refractivity contribution in [3.63, 3.8) is 0 Å². The Morgan fingerprint density at radius 1 is 0.781 bits per heavy atom. The van der Waals surface area contributed by atoms with Crippen molar-refractivity contribution in [1.82, 2.24) is 0 Å². The highest BCUT2D eigenvalue weighted by Gasteiger charge is 2.32. The number of hydrogen-bond donors (Lipinski definition) is 3. The van der Waals surface area contributed by atoms with E-state index >= 15 is 0 Å². The molecule has 1 unspecified atom stereocenters. The summed E-state index contributed by atoms with van der Waals surface area (Å²) in [4.78, 5) is 0. The van der Waals surface area contributed by atoms with Crippen LogP contribution < -0.4 is 19.9 Å². The molecule has 3 aromatic rings. The van der Waals surface area contributed by atoms with Crippen LogP contribution in [0.25, 0.3) is 0 Å². The quantitative estimate of drug-likeness (QED) is 0.395. The molecule has 0 saturated carbocycles. The lowest BCUT2D eigenvalue weighted by Crippen LogP contribution is -2.40. The van der Waals surface area contributed by atoms with Crippen molar-refractivity contribution in [3.05, 3.63) is 90.0 Å². The number of aliphatic hydroxyl groups is 2. The summed E-state index contributed by atoms with van der Waals surface area (Å²) >= 11 is 0. The molecule has 0 fully saturated rings. The number of para-hydroxylation sites is 1. The summed E-state index contributed by atoms with van der Waals surface area (Å²) in [7, 11) is 3.21. The van der Waals surface area contributed by atoms with Gasteiger partial charge < -0.3 is 24.4 Å². The van der Waals surface area contributed by atoms with Gasteiger partial charge in [-0.3, -0.25) is 5.73 Å². The van der Waals surface area contributed by atoms with Gasteiger partial charge in [-0.05, 0) is 66.8 Å². The maximum absolute atomic E-state index is 11.7. The predicted molar refractivity (Wildman–Crippen MR) is 124 cm³/mol. The van der Waals surface area contributed by atoms with Gasteiger partial charge in [0.1, 0.15) is 29.0 Å². The van der Waals surface area contributed by atoms with Crippen molar-refractivity contribution in [2.45, 2.75) is 37.2 Å². The molecular weight excluding hydrogens is 406 g/mol. The highest BCUT2D eigenvalue weighted by Crippen LogP contribution is 2.36. The first-order valence-corrected chi connectivity index (χ1v) is 10.6. The molecule has 0 aliphatic carbocycles. The van der Waals surface area contributed by atoms with E-state index < -0.39 is 17.9 Å². The Hall–Kier alpha value is -3.06. The van der Waals surface area contributed by atoms with Gasteiger partial charge in [0.15, 0.2) is 6.23 Å². The summed E-state index contributed by atoms with van der Waals surface area (Å²) in [6.07, 6.45) is -0.427. The van der Waals surface area contributed by atoms with E-state index in [0.717, 1.165) is 11.1 Å².